The van der Waals surface area contributed by atoms with Crippen LogP contribution < -0.4 is 11.1 Å². The first-order chi connectivity index (χ1) is 17.0. The average Bonchev–Trinajstić information content (AvgIpc) is 2.84. The van der Waals surface area contributed by atoms with Crippen LogP contribution in [-0.2, 0) is 4.79 Å². The van der Waals surface area contributed by atoms with Gasteiger partial charge in [-0.05, 0) is 30.7 Å². The summed E-state index contributed by atoms with van der Waals surface area (Å²) < 4.78 is 0. The Kier molecular flexibility index (Phi) is 19.0. The van der Waals surface area contributed by atoms with E-state index in [1.165, 1.54) is 88.4 Å². The lowest BCUT2D eigenvalue weighted by Gasteiger charge is -2.20. The highest BCUT2D eigenvalue weighted by Crippen LogP contribution is 2.20. The van der Waals surface area contributed by atoms with Gasteiger partial charge in [-0.25, -0.2) is 4.79 Å². The van der Waals surface area contributed by atoms with Gasteiger partial charge in [0.05, 0.1) is 6.67 Å². The first-order valence-electron chi connectivity index (χ1n) is 13.8. The summed E-state index contributed by atoms with van der Waals surface area (Å²) in [5.41, 5.74) is 5.45. The molecular formula is C28H49N3O3S. The lowest BCUT2D eigenvalue weighted by Crippen LogP contribution is -2.45. The van der Waals surface area contributed by atoms with Gasteiger partial charge in [-0.15, -0.1) is 11.8 Å². The van der Waals surface area contributed by atoms with Crippen molar-refractivity contribution in [2.45, 2.75) is 115 Å². The van der Waals surface area contributed by atoms with Gasteiger partial charge < -0.3 is 21.1 Å². The fourth-order valence-corrected chi connectivity index (χ4v) is 4.89. The van der Waals surface area contributed by atoms with E-state index in [4.69, 9.17) is 5.73 Å². The van der Waals surface area contributed by atoms with Crippen LogP contribution in [0.4, 0.5) is 4.79 Å². The zero-order valence-electron chi connectivity index (χ0n) is 21.9. The first kappa shape index (κ1) is 31.1. The zero-order chi connectivity index (χ0) is 25.6. The van der Waals surface area contributed by atoms with Gasteiger partial charge in [-0.3, -0.25) is 4.79 Å². The second-order valence-electron chi connectivity index (χ2n) is 9.40. The van der Waals surface area contributed by atoms with E-state index in [0.29, 0.717) is 18.7 Å². The Morgan fingerprint density at radius 2 is 1.31 bits per heavy atom. The molecule has 0 bridgehead atoms. The number of benzene rings is 1. The smallest absolute Gasteiger partial charge is 0.316 e. The Balaban J connectivity index is 1.95. The molecule has 0 radical (unpaired) electrons. The molecule has 3 amide bonds. The van der Waals surface area contributed by atoms with Gasteiger partial charge in [0.1, 0.15) is 5.75 Å². The summed E-state index contributed by atoms with van der Waals surface area (Å²) in [7, 11) is 0. The number of urea groups is 1. The molecule has 0 aliphatic carbocycles. The second kappa shape index (κ2) is 21.4. The number of hydrogen-bond donors (Lipinski definition) is 3. The number of nitrogens with one attached hydrogen (secondary N) is 1. The van der Waals surface area contributed by atoms with Gasteiger partial charge in [-0.1, -0.05) is 96.8 Å². The number of rotatable bonds is 22. The van der Waals surface area contributed by atoms with Crippen molar-refractivity contribution in [3.8, 4) is 5.75 Å². The van der Waals surface area contributed by atoms with Crippen LogP contribution in [0.15, 0.2) is 29.2 Å². The van der Waals surface area contributed by atoms with E-state index in [-0.39, 0.29) is 18.3 Å². The van der Waals surface area contributed by atoms with E-state index < -0.39 is 6.03 Å². The van der Waals surface area contributed by atoms with E-state index in [9.17, 15) is 14.7 Å². The minimum Gasteiger partial charge on any atom is -0.508 e. The Morgan fingerprint density at radius 3 is 1.80 bits per heavy atom. The quantitative estimate of drug-likeness (QED) is 0.0878. The molecule has 0 saturated heterocycles. The predicted octanol–water partition coefficient (Wildman–Crippen LogP) is 7.20. The Hall–Kier alpha value is -1.89. The molecule has 0 fully saturated rings. The fourth-order valence-electron chi connectivity index (χ4n) is 4.01. The average molecular weight is 508 g/mol. The third kappa shape index (κ3) is 18.1. The summed E-state index contributed by atoms with van der Waals surface area (Å²) in [4.78, 5) is 26.2. The lowest BCUT2D eigenvalue weighted by atomic mass is 10.0. The molecule has 4 N–H and O–H groups in total. The van der Waals surface area contributed by atoms with Crippen LogP contribution in [0.5, 0.6) is 5.75 Å². The first-order valence-corrected chi connectivity index (χ1v) is 14.7. The number of carbonyl (C=O) groups excluding carboxylic acids is 2. The van der Waals surface area contributed by atoms with Crippen molar-refractivity contribution in [3.63, 3.8) is 0 Å². The molecule has 0 spiro atoms. The standard InChI is InChI=1S/C28H49N3O3S/c1-2-3-4-5-6-7-8-9-10-11-12-13-14-15-16-17-27(33)30-24-31(28(29)34)22-23-35-26-20-18-25(32)19-21-26/h18-21,32H,2-17,22-24H2,1H3,(H2,29,34)(H,30,33). The number of amides is 3. The van der Waals surface area contributed by atoms with Crippen molar-refractivity contribution in [1.82, 2.24) is 10.2 Å². The number of thioether (sulfide) groups is 1. The van der Waals surface area contributed by atoms with Gasteiger partial charge in [-0.2, -0.15) is 0 Å². The lowest BCUT2D eigenvalue weighted by molar-refractivity contribution is -0.121. The van der Waals surface area contributed by atoms with Crippen molar-refractivity contribution in [1.29, 1.82) is 0 Å². The SMILES string of the molecule is CCCCCCCCCCCCCCCCCC(=O)NCN(CCSc1ccc(O)cc1)C(N)=O. The molecule has 0 aromatic heterocycles. The van der Waals surface area contributed by atoms with Crippen LogP contribution in [0.25, 0.3) is 0 Å². The van der Waals surface area contributed by atoms with Gasteiger partial charge >= 0.3 is 6.03 Å². The molecule has 6 nitrogen and oxygen atoms in total. The minimum absolute atomic E-state index is 0.0304. The van der Waals surface area contributed by atoms with Crippen molar-refractivity contribution >= 4 is 23.7 Å². The van der Waals surface area contributed by atoms with Gasteiger partial charge in [0.15, 0.2) is 0 Å². The Bertz CT molecular complexity index is 670. The van der Waals surface area contributed by atoms with Gasteiger partial charge in [0, 0.05) is 23.6 Å². The number of nitrogens with zero attached hydrogens (tertiary/aromatic N) is 1. The van der Waals surface area contributed by atoms with Gasteiger partial charge in [0.2, 0.25) is 5.91 Å². The molecule has 0 aliphatic heterocycles. The van der Waals surface area contributed by atoms with E-state index in [1.807, 2.05) is 12.1 Å². The zero-order valence-corrected chi connectivity index (χ0v) is 22.8. The van der Waals surface area contributed by atoms with E-state index in [0.717, 1.165) is 17.7 Å². The highest BCUT2D eigenvalue weighted by molar-refractivity contribution is 7.99. The number of aromatic hydroxyl groups is 1. The van der Waals surface area contributed by atoms with Crippen molar-refractivity contribution < 1.29 is 14.7 Å². The Morgan fingerprint density at radius 1 is 0.829 bits per heavy atom. The van der Waals surface area contributed by atoms with Crippen molar-refractivity contribution in [2.24, 2.45) is 5.73 Å². The molecule has 0 atom stereocenters. The van der Waals surface area contributed by atoms with Crippen LogP contribution in [0.1, 0.15) is 110 Å². The molecule has 200 valence electrons. The highest BCUT2D eigenvalue weighted by Gasteiger charge is 2.11. The van der Waals surface area contributed by atoms with Crippen LogP contribution in [0, 0.1) is 0 Å². The normalized spacial score (nSPS) is 10.9. The van der Waals surface area contributed by atoms with Crippen LogP contribution in [-0.4, -0.2) is 40.9 Å². The minimum atomic E-state index is -0.538. The van der Waals surface area contributed by atoms with Crippen molar-refractivity contribution in [3.05, 3.63) is 24.3 Å². The summed E-state index contributed by atoms with van der Waals surface area (Å²) in [6.07, 6.45) is 20.0. The summed E-state index contributed by atoms with van der Waals surface area (Å²) in [5.74, 6) is 0.852. The number of carbonyl (C=O) groups is 2. The molecule has 1 aromatic rings. The van der Waals surface area contributed by atoms with E-state index in [2.05, 4.69) is 12.2 Å². The number of unbranched alkanes of at least 4 members (excludes halogenated alkanes) is 14. The molecule has 0 unspecified atom stereocenters. The fraction of sp³-hybridized carbons (Fsp3) is 0.714. The molecule has 0 aliphatic rings. The maximum absolute atomic E-state index is 12.1. The van der Waals surface area contributed by atoms with Gasteiger partial charge in [0.25, 0.3) is 0 Å². The number of hydrogen-bond acceptors (Lipinski definition) is 4. The summed E-state index contributed by atoms with van der Waals surface area (Å²) in [5, 5.41) is 12.1. The molecule has 0 heterocycles. The Labute approximate surface area is 217 Å². The van der Waals surface area contributed by atoms with Crippen molar-refractivity contribution in [2.75, 3.05) is 19.0 Å². The number of phenols is 1. The summed E-state index contributed by atoms with van der Waals surface area (Å²) >= 11 is 1.57. The molecule has 1 rings (SSSR count). The second-order valence-corrected chi connectivity index (χ2v) is 10.6. The van der Waals surface area contributed by atoms with Crippen LogP contribution >= 0.6 is 11.8 Å². The molecule has 1 aromatic carbocycles. The number of phenolic OH excluding ortho intramolecular Hbond substituents is 1. The third-order valence-corrected chi connectivity index (χ3v) is 7.25. The highest BCUT2D eigenvalue weighted by atomic mass is 32.2. The monoisotopic (exact) mass is 507 g/mol. The van der Waals surface area contributed by atoms with E-state index in [1.54, 1.807) is 23.9 Å². The number of nitrogens with two attached hydrogens (primary N) is 1. The summed E-state index contributed by atoms with van der Waals surface area (Å²) in [6.45, 7) is 2.85. The number of primary amides is 1. The van der Waals surface area contributed by atoms with E-state index >= 15 is 0 Å². The molecule has 7 heteroatoms. The predicted molar refractivity (Wildman–Crippen MR) is 148 cm³/mol. The topological polar surface area (TPSA) is 95.7 Å². The maximum Gasteiger partial charge on any atom is 0.316 e. The third-order valence-electron chi connectivity index (χ3n) is 6.25. The molecular weight excluding hydrogens is 458 g/mol. The molecule has 35 heavy (non-hydrogen) atoms. The summed E-state index contributed by atoms with van der Waals surface area (Å²) in [6, 6.07) is 6.38. The molecule has 0 saturated carbocycles. The largest absolute Gasteiger partial charge is 0.508 e. The van der Waals surface area contributed by atoms with Crippen LogP contribution in [0.3, 0.4) is 0 Å². The maximum atomic E-state index is 12.1. The van der Waals surface area contributed by atoms with Crippen LogP contribution in [0.2, 0.25) is 0 Å².